The van der Waals surface area contributed by atoms with Crippen LogP contribution in [0, 0.1) is 5.82 Å². The lowest BCUT2D eigenvalue weighted by Crippen LogP contribution is -2.13. The van der Waals surface area contributed by atoms with Gasteiger partial charge in [0.2, 0.25) is 0 Å². The maximum Gasteiger partial charge on any atom is 0.153 e. The quantitative estimate of drug-likeness (QED) is 0.483. The number of hydrogen-bond acceptors (Lipinski definition) is 3. The normalized spacial score (nSPS) is 13.8. The number of amidine groups is 1. The van der Waals surface area contributed by atoms with Crippen molar-refractivity contribution in [2.24, 2.45) is 10.7 Å². The van der Waals surface area contributed by atoms with Crippen LogP contribution in [-0.2, 0) is 6.42 Å². The van der Waals surface area contributed by atoms with E-state index in [0.717, 1.165) is 0 Å². The summed E-state index contributed by atoms with van der Waals surface area (Å²) in [5.41, 5.74) is 12.4. The number of hydrogen-bond donors (Lipinski definition) is 2. The maximum atomic E-state index is 13.4. The van der Waals surface area contributed by atoms with Crippen LogP contribution < -0.4 is 11.5 Å². The number of anilines is 1. The number of nitrogen functional groups attached to an aromatic ring is 1. The Hall–Kier alpha value is -1.23. The highest BCUT2D eigenvalue weighted by molar-refractivity contribution is 8.14. The van der Waals surface area contributed by atoms with Crippen molar-refractivity contribution < 1.29 is 4.39 Å². The zero-order valence-corrected chi connectivity index (χ0v) is 10.2. The second-order valence-electron chi connectivity index (χ2n) is 3.55. The molecule has 0 aliphatic carbocycles. The summed E-state index contributed by atoms with van der Waals surface area (Å²) in [5, 5.41) is 0.678. The van der Waals surface area contributed by atoms with Gasteiger partial charge in [-0.1, -0.05) is 18.7 Å². The molecule has 88 valence electrons. The van der Waals surface area contributed by atoms with E-state index in [9.17, 15) is 4.39 Å². The minimum absolute atomic E-state index is 0.167. The Kier molecular flexibility index (Phi) is 4.61. The van der Waals surface area contributed by atoms with E-state index in [1.165, 1.54) is 17.8 Å². The predicted octanol–water partition coefficient (Wildman–Crippen LogP) is 2.02. The third kappa shape index (κ3) is 3.73. The first-order valence-electron chi connectivity index (χ1n) is 4.95. The first kappa shape index (κ1) is 12.8. The Morgan fingerprint density at radius 2 is 2.25 bits per heavy atom. The van der Waals surface area contributed by atoms with E-state index in [1.54, 1.807) is 19.2 Å². The smallest absolute Gasteiger partial charge is 0.153 e. The van der Waals surface area contributed by atoms with Gasteiger partial charge in [0, 0.05) is 18.0 Å². The Morgan fingerprint density at radius 1 is 1.56 bits per heavy atom. The minimum atomic E-state index is -0.228. The van der Waals surface area contributed by atoms with Crippen molar-refractivity contribution in [3.63, 3.8) is 0 Å². The predicted molar refractivity (Wildman–Crippen MR) is 69.1 cm³/mol. The molecule has 1 unspecified atom stereocenters. The molecule has 5 heteroatoms. The number of aliphatic imine (C=N–C) groups is 1. The van der Waals surface area contributed by atoms with Crippen LogP contribution in [0.5, 0.6) is 0 Å². The van der Waals surface area contributed by atoms with Gasteiger partial charge in [0.25, 0.3) is 0 Å². The Bertz CT molecular complexity index is 393. The highest BCUT2D eigenvalue weighted by atomic mass is 32.2. The molecule has 1 aromatic rings. The standard InChI is InChI=1S/C11H16FN3S/c1-7(16-11(14)15-2)5-8-6-9(13)3-4-10(8)12/h3-4,6-7H,5,13H2,1-2H3,(H2,14,15). The molecule has 4 N–H and O–H groups in total. The van der Waals surface area contributed by atoms with Gasteiger partial charge in [0.1, 0.15) is 5.82 Å². The van der Waals surface area contributed by atoms with E-state index in [0.29, 0.717) is 22.8 Å². The molecular formula is C11H16FN3S. The highest BCUT2D eigenvalue weighted by Crippen LogP contribution is 2.19. The largest absolute Gasteiger partial charge is 0.399 e. The molecule has 16 heavy (non-hydrogen) atoms. The van der Waals surface area contributed by atoms with Crippen LogP contribution in [0.2, 0.25) is 0 Å². The lowest BCUT2D eigenvalue weighted by atomic mass is 10.1. The van der Waals surface area contributed by atoms with E-state index in [-0.39, 0.29) is 11.1 Å². The monoisotopic (exact) mass is 241 g/mol. The van der Waals surface area contributed by atoms with Crippen molar-refractivity contribution in [1.82, 2.24) is 0 Å². The summed E-state index contributed by atoms with van der Waals surface area (Å²) in [5.74, 6) is -0.228. The molecule has 0 bridgehead atoms. The van der Waals surface area contributed by atoms with Crippen LogP contribution in [0.15, 0.2) is 23.2 Å². The summed E-state index contributed by atoms with van der Waals surface area (Å²) < 4.78 is 13.4. The van der Waals surface area contributed by atoms with E-state index in [4.69, 9.17) is 11.5 Å². The Balaban J connectivity index is 2.69. The fourth-order valence-electron chi connectivity index (χ4n) is 1.36. The number of benzene rings is 1. The molecule has 0 heterocycles. The van der Waals surface area contributed by atoms with Crippen molar-refractivity contribution >= 4 is 22.6 Å². The number of rotatable bonds is 3. The SMILES string of the molecule is CN=C(N)SC(C)Cc1cc(N)ccc1F. The molecule has 0 saturated heterocycles. The van der Waals surface area contributed by atoms with Gasteiger partial charge in [0.15, 0.2) is 5.17 Å². The summed E-state index contributed by atoms with van der Waals surface area (Å²) in [6.45, 7) is 1.98. The first-order valence-corrected chi connectivity index (χ1v) is 5.83. The molecule has 3 nitrogen and oxygen atoms in total. The number of thioether (sulfide) groups is 1. The van der Waals surface area contributed by atoms with Gasteiger partial charge in [-0.15, -0.1) is 0 Å². The van der Waals surface area contributed by atoms with Gasteiger partial charge in [-0.3, -0.25) is 4.99 Å². The molecule has 0 fully saturated rings. The number of halogens is 1. The number of nitrogens with two attached hydrogens (primary N) is 2. The second kappa shape index (κ2) is 5.75. The van der Waals surface area contributed by atoms with Gasteiger partial charge in [0.05, 0.1) is 0 Å². The van der Waals surface area contributed by atoms with Crippen molar-refractivity contribution in [2.45, 2.75) is 18.6 Å². The molecule has 0 amide bonds. The molecule has 0 aliphatic rings. The molecule has 0 spiro atoms. The van der Waals surface area contributed by atoms with Crippen LogP contribution in [0.25, 0.3) is 0 Å². The average molecular weight is 241 g/mol. The lowest BCUT2D eigenvalue weighted by molar-refractivity contribution is 0.609. The molecule has 0 radical (unpaired) electrons. The third-order valence-electron chi connectivity index (χ3n) is 2.12. The molecule has 0 aromatic heterocycles. The van der Waals surface area contributed by atoms with Gasteiger partial charge in [-0.2, -0.15) is 0 Å². The van der Waals surface area contributed by atoms with Crippen LogP contribution in [0.4, 0.5) is 10.1 Å². The molecular weight excluding hydrogens is 225 g/mol. The minimum Gasteiger partial charge on any atom is -0.399 e. The summed E-state index contributed by atoms with van der Waals surface area (Å²) in [4.78, 5) is 3.85. The van der Waals surface area contributed by atoms with Gasteiger partial charge < -0.3 is 11.5 Å². The first-order chi connectivity index (χ1) is 7.52. The fourth-order valence-corrected chi connectivity index (χ4v) is 2.14. The highest BCUT2D eigenvalue weighted by Gasteiger charge is 2.10. The fraction of sp³-hybridized carbons (Fsp3) is 0.364. The van der Waals surface area contributed by atoms with Crippen LogP contribution >= 0.6 is 11.8 Å². The molecule has 1 atom stereocenters. The van der Waals surface area contributed by atoms with Crippen LogP contribution in [-0.4, -0.2) is 17.5 Å². The number of nitrogens with zero attached hydrogens (tertiary/aromatic N) is 1. The zero-order chi connectivity index (χ0) is 12.1. The Morgan fingerprint density at radius 3 is 2.88 bits per heavy atom. The summed E-state index contributed by atoms with van der Waals surface area (Å²) in [6.07, 6.45) is 0.581. The van der Waals surface area contributed by atoms with Crippen LogP contribution in [0.3, 0.4) is 0 Å². The van der Waals surface area contributed by atoms with Crippen molar-refractivity contribution in [2.75, 3.05) is 12.8 Å². The molecule has 1 rings (SSSR count). The van der Waals surface area contributed by atoms with E-state index >= 15 is 0 Å². The van der Waals surface area contributed by atoms with Crippen molar-refractivity contribution in [1.29, 1.82) is 0 Å². The van der Waals surface area contributed by atoms with E-state index in [1.807, 2.05) is 6.92 Å². The molecule has 0 saturated carbocycles. The maximum absolute atomic E-state index is 13.4. The lowest BCUT2D eigenvalue weighted by Gasteiger charge is -2.11. The Labute approximate surface area is 99.1 Å². The third-order valence-corrected chi connectivity index (χ3v) is 3.11. The van der Waals surface area contributed by atoms with Crippen molar-refractivity contribution in [3.05, 3.63) is 29.6 Å². The second-order valence-corrected chi connectivity index (χ2v) is 5.00. The van der Waals surface area contributed by atoms with Gasteiger partial charge in [-0.25, -0.2) is 4.39 Å². The van der Waals surface area contributed by atoms with Crippen molar-refractivity contribution in [3.8, 4) is 0 Å². The zero-order valence-electron chi connectivity index (χ0n) is 9.40. The molecule has 0 aliphatic heterocycles. The topological polar surface area (TPSA) is 64.4 Å². The van der Waals surface area contributed by atoms with Crippen LogP contribution in [0.1, 0.15) is 12.5 Å². The summed E-state index contributed by atoms with van der Waals surface area (Å²) >= 11 is 1.43. The average Bonchev–Trinajstić information content (AvgIpc) is 2.23. The summed E-state index contributed by atoms with van der Waals surface area (Å²) in [6, 6.07) is 4.60. The van der Waals surface area contributed by atoms with E-state index in [2.05, 4.69) is 4.99 Å². The van der Waals surface area contributed by atoms with Gasteiger partial charge >= 0.3 is 0 Å². The summed E-state index contributed by atoms with van der Waals surface area (Å²) in [7, 11) is 1.64. The van der Waals surface area contributed by atoms with Gasteiger partial charge in [-0.05, 0) is 30.2 Å². The van der Waals surface area contributed by atoms with E-state index < -0.39 is 0 Å². The molecule has 1 aromatic carbocycles.